The van der Waals surface area contributed by atoms with Crippen molar-refractivity contribution >= 4 is 11.8 Å². The van der Waals surface area contributed by atoms with Crippen molar-refractivity contribution in [3.8, 4) is 11.4 Å². The molecule has 5 N–H and O–H groups in total. The molecule has 2 aromatic heterocycles. The highest BCUT2D eigenvalue weighted by atomic mass is 16.5. The number of carboxylic acid groups (broad SMARTS) is 1. The molecule has 8 nitrogen and oxygen atoms in total. The molecule has 0 aliphatic carbocycles. The highest BCUT2D eigenvalue weighted by Crippen LogP contribution is 2.21. The molecule has 0 fully saturated rings. The van der Waals surface area contributed by atoms with E-state index in [1.165, 1.54) is 10.7 Å². The van der Waals surface area contributed by atoms with Gasteiger partial charge in [-0.1, -0.05) is 6.07 Å². The van der Waals surface area contributed by atoms with Gasteiger partial charge in [-0.05, 0) is 24.6 Å². The number of carbonyl (C=O) groups is 1. The van der Waals surface area contributed by atoms with Gasteiger partial charge in [0.1, 0.15) is 5.82 Å². The third-order valence-electron chi connectivity index (χ3n) is 3.29. The molecule has 2 rings (SSSR count). The van der Waals surface area contributed by atoms with Crippen LogP contribution in [0.25, 0.3) is 17.2 Å². The largest absolute Gasteiger partial charge is 0.476 e. The summed E-state index contributed by atoms with van der Waals surface area (Å²) in [5.41, 5.74) is 8.02. The maximum Gasteiger partial charge on any atom is 0.356 e. The van der Waals surface area contributed by atoms with Crippen LogP contribution in [0.5, 0.6) is 0 Å². The summed E-state index contributed by atoms with van der Waals surface area (Å²) in [5.74, 6) is -0.264. The highest BCUT2D eigenvalue weighted by molar-refractivity contribution is 5.87. The Morgan fingerprint density at radius 1 is 1.42 bits per heavy atom. The second kappa shape index (κ2) is 7.42. The van der Waals surface area contributed by atoms with E-state index in [0.29, 0.717) is 17.3 Å². The fourth-order valence-electron chi connectivity index (χ4n) is 2.00. The number of carboxylic acids is 1. The van der Waals surface area contributed by atoms with Crippen LogP contribution in [-0.4, -0.2) is 40.0 Å². The lowest BCUT2D eigenvalue weighted by molar-refractivity contribution is -0.603. The standard InChI is InChI=1S/C16H19N5O3/c1-10-4-5-11(19-9-10)13-8-12(16(22)23)20-21(13)14(17)6-7-15(18-2)24-3/h4-9,18H,17H2,1-3H3,(H,22,23)/p+1/b14-6+,15-7+. The van der Waals surface area contributed by atoms with Crippen LogP contribution in [0.1, 0.15) is 16.1 Å². The van der Waals surface area contributed by atoms with Crippen molar-refractivity contribution in [2.75, 3.05) is 14.2 Å². The smallest absolute Gasteiger partial charge is 0.356 e. The van der Waals surface area contributed by atoms with Crippen LogP contribution < -0.4 is 11.1 Å². The van der Waals surface area contributed by atoms with Gasteiger partial charge in [-0.2, -0.15) is 5.10 Å². The molecule has 2 aromatic rings. The zero-order chi connectivity index (χ0) is 17.7. The molecule has 0 atom stereocenters. The number of aryl methyl sites for hydroxylation is 1. The van der Waals surface area contributed by atoms with E-state index in [1.807, 2.05) is 20.0 Å². The Morgan fingerprint density at radius 3 is 2.71 bits per heavy atom. The van der Waals surface area contributed by atoms with Crippen LogP contribution in [0.15, 0.2) is 42.4 Å². The number of aromatic nitrogens is 3. The quantitative estimate of drug-likeness (QED) is 0.520. The van der Waals surface area contributed by atoms with Crippen LogP contribution in [0, 0.1) is 6.92 Å². The van der Waals surface area contributed by atoms with Crippen LogP contribution in [0.3, 0.4) is 0 Å². The zero-order valence-corrected chi connectivity index (χ0v) is 13.7. The SMILES string of the molecule is C[NH2+]/C(=C\C=C(/N)n1nc(C(=O)O)cc1-c1ccc(C)cn1)OC. The number of hydrogen-bond acceptors (Lipinski definition) is 5. The van der Waals surface area contributed by atoms with Crippen LogP contribution in [0.2, 0.25) is 0 Å². The van der Waals surface area contributed by atoms with Gasteiger partial charge in [-0.25, -0.2) is 9.48 Å². The zero-order valence-electron chi connectivity index (χ0n) is 13.7. The molecule has 24 heavy (non-hydrogen) atoms. The highest BCUT2D eigenvalue weighted by Gasteiger charge is 2.16. The van der Waals surface area contributed by atoms with Crippen LogP contribution in [-0.2, 0) is 4.74 Å². The molecule has 0 amide bonds. The van der Waals surface area contributed by atoms with Crippen molar-refractivity contribution in [3.05, 3.63) is 53.7 Å². The van der Waals surface area contributed by atoms with E-state index in [2.05, 4.69) is 10.1 Å². The molecule has 0 aromatic carbocycles. The normalized spacial score (nSPS) is 12.3. The Hall–Kier alpha value is -3.13. The van der Waals surface area contributed by atoms with E-state index < -0.39 is 5.97 Å². The van der Waals surface area contributed by atoms with Gasteiger partial charge in [0, 0.05) is 18.3 Å². The minimum absolute atomic E-state index is 0.110. The summed E-state index contributed by atoms with van der Waals surface area (Å²) in [6.07, 6.45) is 4.96. The first-order chi connectivity index (χ1) is 11.5. The van der Waals surface area contributed by atoms with E-state index in [4.69, 9.17) is 10.5 Å². The molecule has 0 radical (unpaired) electrons. The predicted octanol–water partition coefficient (Wildman–Crippen LogP) is 0.390. The lowest BCUT2D eigenvalue weighted by Gasteiger charge is -2.06. The summed E-state index contributed by atoms with van der Waals surface area (Å²) in [7, 11) is 3.38. The minimum Gasteiger partial charge on any atom is -0.476 e. The van der Waals surface area contributed by atoms with Gasteiger partial charge in [-0.15, -0.1) is 0 Å². The van der Waals surface area contributed by atoms with E-state index in [1.54, 1.807) is 36.8 Å². The van der Waals surface area contributed by atoms with E-state index in [-0.39, 0.29) is 11.5 Å². The summed E-state index contributed by atoms with van der Waals surface area (Å²) in [6.45, 7) is 1.92. The lowest BCUT2D eigenvalue weighted by Crippen LogP contribution is -2.77. The molecule has 2 heterocycles. The lowest BCUT2D eigenvalue weighted by atomic mass is 10.2. The van der Waals surface area contributed by atoms with Crippen molar-refractivity contribution in [1.82, 2.24) is 14.8 Å². The number of hydrogen-bond donors (Lipinski definition) is 3. The van der Waals surface area contributed by atoms with Crippen LogP contribution in [0.4, 0.5) is 0 Å². The number of nitrogens with zero attached hydrogens (tertiary/aromatic N) is 3. The topological polar surface area (TPSA) is 120 Å². The molecular formula is C16H20N5O3+. The van der Waals surface area contributed by atoms with E-state index in [0.717, 1.165) is 5.56 Å². The van der Waals surface area contributed by atoms with Crippen molar-refractivity contribution in [2.24, 2.45) is 5.73 Å². The number of nitrogens with two attached hydrogens (primary N) is 2. The Balaban J connectivity index is 2.52. The summed E-state index contributed by atoms with van der Waals surface area (Å²) in [5, 5.41) is 15.0. The van der Waals surface area contributed by atoms with Crippen molar-refractivity contribution in [3.63, 3.8) is 0 Å². The molecule has 126 valence electrons. The summed E-state index contributed by atoms with van der Waals surface area (Å²) in [6, 6.07) is 5.11. The number of allylic oxidation sites excluding steroid dienone is 2. The molecule has 8 heteroatoms. The summed E-state index contributed by atoms with van der Waals surface area (Å²) < 4.78 is 6.47. The van der Waals surface area contributed by atoms with Crippen molar-refractivity contribution in [1.29, 1.82) is 0 Å². The first kappa shape index (κ1) is 17.2. The molecule has 0 aliphatic heterocycles. The summed E-state index contributed by atoms with van der Waals surface area (Å²) in [4.78, 5) is 15.5. The first-order valence-corrected chi connectivity index (χ1v) is 7.23. The van der Waals surface area contributed by atoms with Gasteiger partial charge in [0.2, 0.25) is 0 Å². The van der Waals surface area contributed by atoms with E-state index in [9.17, 15) is 9.90 Å². The number of ether oxygens (including phenoxy) is 1. The Kier molecular flexibility index (Phi) is 5.33. The molecule has 0 aliphatic rings. The third kappa shape index (κ3) is 3.79. The fourth-order valence-corrected chi connectivity index (χ4v) is 2.00. The predicted molar refractivity (Wildman–Crippen MR) is 88.6 cm³/mol. The van der Waals surface area contributed by atoms with Gasteiger partial charge >= 0.3 is 5.97 Å². The number of pyridine rings is 1. The second-order valence-electron chi connectivity index (χ2n) is 5.01. The molecule has 0 unspecified atom stereocenters. The Bertz CT molecular complexity index is 785. The fraction of sp³-hybridized carbons (Fsp3) is 0.188. The average molecular weight is 330 g/mol. The van der Waals surface area contributed by atoms with Gasteiger partial charge in [-0.3, -0.25) is 10.3 Å². The summed E-state index contributed by atoms with van der Waals surface area (Å²) >= 11 is 0. The third-order valence-corrected chi connectivity index (χ3v) is 3.29. The van der Waals surface area contributed by atoms with Crippen molar-refractivity contribution < 1.29 is 20.0 Å². The number of aromatic carboxylic acids is 1. The van der Waals surface area contributed by atoms with E-state index >= 15 is 0 Å². The molecule has 0 saturated heterocycles. The Morgan fingerprint density at radius 2 is 2.17 bits per heavy atom. The molecule has 0 saturated carbocycles. The molecular weight excluding hydrogens is 310 g/mol. The van der Waals surface area contributed by atoms with Gasteiger partial charge in [0.05, 0.1) is 25.5 Å². The van der Waals surface area contributed by atoms with Gasteiger partial charge in [0.15, 0.2) is 5.69 Å². The van der Waals surface area contributed by atoms with Crippen LogP contribution >= 0.6 is 0 Å². The maximum absolute atomic E-state index is 11.2. The minimum atomic E-state index is -1.13. The maximum atomic E-state index is 11.2. The van der Waals surface area contributed by atoms with Crippen molar-refractivity contribution in [2.45, 2.75) is 6.92 Å². The first-order valence-electron chi connectivity index (χ1n) is 7.23. The van der Waals surface area contributed by atoms with Gasteiger partial charge in [0.25, 0.3) is 5.88 Å². The average Bonchev–Trinajstić information content (AvgIpc) is 3.02. The molecule has 0 bridgehead atoms. The van der Waals surface area contributed by atoms with Gasteiger partial charge < -0.3 is 15.6 Å². The molecule has 0 spiro atoms. The number of methoxy groups -OCH3 is 1. The number of quaternary nitrogens is 1. The monoisotopic (exact) mass is 330 g/mol. The second-order valence-corrected chi connectivity index (χ2v) is 5.01. The number of rotatable bonds is 6. The Labute approximate surface area is 139 Å².